The number of benzene rings is 2. The summed E-state index contributed by atoms with van der Waals surface area (Å²) in [5.41, 5.74) is 1.14. The van der Waals surface area contributed by atoms with E-state index in [0.29, 0.717) is 33.6 Å². The number of carbonyl (C=O) groups is 2. The molecule has 2 amide bonds. The fraction of sp³-hybridized carbons (Fsp3) is 0.222. The maximum atomic E-state index is 12.4. The highest BCUT2D eigenvalue weighted by Gasteiger charge is 2.48. The average Bonchev–Trinajstić information content (AvgIpc) is 3.38. The molecule has 0 bridgehead atoms. The summed E-state index contributed by atoms with van der Waals surface area (Å²) in [6.45, 7) is 0. The van der Waals surface area contributed by atoms with Crippen LogP contribution in [0.3, 0.4) is 0 Å². The third-order valence-corrected chi connectivity index (χ3v) is 4.48. The van der Waals surface area contributed by atoms with Crippen LogP contribution < -0.4 is 15.4 Å². The minimum Gasteiger partial charge on any atom is -0.495 e. The second-order valence-electron chi connectivity index (χ2n) is 5.78. The van der Waals surface area contributed by atoms with Crippen LogP contribution in [0.15, 0.2) is 42.5 Å². The average molecular weight is 379 g/mol. The molecule has 130 valence electrons. The van der Waals surface area contributed by atoms with Crippen molar-refractivity contribution in [3.05, 3.63) is 52.5 Å². The molecule has 0 aliphatic heterocycles. The van der Waals surface area contributed by atoms with Crippen LogP contribution in [0.2, 0.25) is 10.0 Å². The fourth-order valence-electron chi connectivity index (χ4n) is 2.55. The van der Waals surface area contributed by atoms with Crippen molar-refractivity contribution in [1.29, 1.82) is 0 Å². The second kappa shape index (κ2) is 7.33. The van der Waals surface area contributed by atoms with Crippen LogP contribution in [0.4, 0.5) is 11.4 Å². The van der Waals surface area contributed by atoms with Crippen LogP contribution >= 0.6 is 23.2 Å². The first-order chi connectivity index (χ1) is 12.0. The lowest BCUT2D eigenvalue weighted by atomic mass is 10.2. The second-order valence-corrected chi connectivity index (χ2v) is 6.65. The minimum absolute atomic E-state index is 0.180. The molecule has 25 heavy (non-hydrogen) atoms. The molecule has 0 saturated heterocycles. The molecule has 0 radical (unpaired) electrons. The van der Waals surface area contributed by atoms with E-state index in [1.165, 1.54) is 7.11 Å². The largest absolute Gasteiger partial charge is 0.495 e. The summed E-state index contributed by atoms with van der Waals surface area (Å²) in [5, 5.41) is 6.65. The number of amides is 2. The third kappa shape index (κ3) is 4.24. The molecule has 2 unspecified atom stereocenters. The zero-order chi connectivity index (χ0) is 18.0. The first-order valence-electron chi connectivity index (χ1n) is 7.69. The number of halogens is 2. The van der Waals surface area contributed by atoms with E-state index in [4.69, 9.17) is 27.9 Å². The van der Waals surface area contributed by atoms with E-state index < -0.39 is 0 Å². The third-order valence-electron chi connectivity index (χ3n) is 4.00. The molecule has 5 nitrogen and oxygen atoms in total. The number of nitrogens with one attached hydrogen (secondary N) is 2. The quantitative estimate of drug-likeness (QED) is 0.818. The zero-order valence-corrected chi connectivity index (χ0v) is 14.9. The summed E-state index contributed by atoms with van der Waals surface area (Å²) in [5.74, 6) is -0.602. The van der Waals surface area contributed by atoms with Crippen molar-refractivity contribution in [1.82, 2.24) is 0 Å². The molecule has 3 rings (SSSR count). The van der Waals surface area contributed by atoms with Crippen molar-refractivity contribution in [2.45, 2.75) is 6.42 Å². The van der Waals surface area contributed by atoms with Gasteiger partial charge in [-0.15, -0.1) is 0 Å². The number of rotatable bonds is 5. The summed E-state index contributed by atoms with van der Waals surface area (Å²) < 4.78 is 5.20. The summed E-state index contributed by atoms with van der Waals surface area (Å²) in [4.78, 5) is 24.6. The molecule has 0 heterocycles. The number of methoxy groups -OCH3 is 1. The van der Waals surface area contributed by atoms with E-state index in [1.807, 2.05) is 0 Å². The van der Waals surface area contributed by atoms with E-state index in [1.54, 1.807) is 42.5 Å². The van der Waals surface area contributed by atoms with Gasteiger partial charge in [0.2, 0.25) is 11.8 Å². The number of anilines is 2. The Balaban J connectivity index is 1.59. The maximum absolute atomic E-state index is 12.4. The van der Waals surface area contributed by atoms with E-state index in [-0.39, 0.29) is 23.7 Å². The van der Waals surface area contributed by atoms with Crippen molar-refractivity contribution in [3.8, 4) is 5.75 Å². The van der Waals surface area contributed by atoms with Gasteiger partial charge in [0.1, 0.15) is 5.75 Å². The zero-order valence-electron chi connectivity index (χ0n) is 13.4. The summed E-state index contributed by atoms with van der Waals surface area (Å²) in [6.07, 6.45) is 0.508. The Kier molecular flexibility index (Phi) is 5.16. The molecule has 0 spiro atoms. The van der Waals surface area contributed by atoms with Crippen molar-refractivity contribution < 1.29 is 14.3 Å². The lowest BCUT2D eigenvalue weighted by molar-refractivity contribution is -0.122. The van der Waals surface area contributed by atoms with Gasteiger partial charge >= 0.3 is 0 Å². The Labute approximate surface area is 155 Å². The van der Waals surface area contributed by atoms with Gasteiger partial charge in [-0.3, -0.25) is 9.59 Å². The normalized spacial score (nSPS) is 18.4. The van der Waals surface area contributed by atoms with Gasteiger partial charge in [-0.2, -0.15) is 0 Å². The summed E-state index contributed by atoms with van der Waals surface area (Å²) in [7, 11) is 1.51. The number of hydrogen-bond donors (Lipinski definition) is 2. The fourth-order valence-corrected chi connectivity index (χ4v) is 2.84. The molecule has 2 aromatic carbocycles. The Bertz CT molecular complexity index is 808. The molecule has 1 aliphatic rings. The predicted molar refractivity (Wildman–Crippen MR) is 98.3 cm³/mol. The number of hydrogen-bond acceptors (Lipinski definition) is 3. The Morgan fingerprint density at radius 1 is 0.960 bits per heavy atom. The molecule has 2 aromatic rings. The van der Waals surface area contributed by atoms with Gasteiger partial charge in [0.25, 0.3) is 0 Å². The van der Waals surface area contributed by atoms with E-state index in [0.717, 1.165) is 0 Å². The maximum Gasteiger partial charge on any atom is 0.228 e. The first-order valence-corrected chi connectivity index (χ1v) is 8.44. The number of ether oxygens (including phenoxy) is 1. The van der Waals surface area contributed by atoms with E-state index in [9.17, 15) is 9.59 Å². The molecule has 2 atom stereocenters. The molecular weight excluding hydrogens is 363 g/mol. The molecule has 0 aromatic heterocycles. The van der Waals surface area contributed by atoms with Crippen molar-refractivity contribution in [2.75, 3.05) is 17.7 Å². The van der Waals surface area contributed by atoms with Crippen LogP contribution in [0.25, 0.3) is 0 Å². The van der Waals surface area contributed by atoms with Gasteiger partial charge in [0.15, 0.2) is 0 Å². The highest BCUT2D eigenvalue weighted by Crippen LogP contribution is 2.41. The van der Waals surface area contributed by atoms with Gasteiger partial charge < -0.3 is 15.4 Å². The minimum atomic E-state index is -0.365. The topological polar surface area (TPSA) is 67.4 Å². The van der Waals surface area contributed by atoms with Crippen LogP contribution in [0.1, 0.15) is 6.42 Å². The van der Waals surface area contributed by atoms with Crippen LogP contribution in [0.5, 0.6) is 5.75 Å². The Hall–Kier alpha value is -2.24. The van der Waals surface area contributed by atoms with Crippen LogP contribution in [-0.4, -0.2) is 18.9 Å². The van der Waals surface area contributed by atoms with Crippen LogP contribution in [0, 0.1) is 11.8 Å². The molecule has 2 N–H and O–H groups in total. The first kappa shape index (κ1) is 17.6. The van der Waals surface area contributed by atoms with Gasteiger partial charge in [0, 0.05) is 15.7 Å². The van der Waals surface area contributed by atoms with Gasteiger partial charge in [-0.25, -0.2) is 0 Å². The Morgan fingerprint density at radius 3 is 2.20 bits per heavy atom. The standard InChI is InChI=1S/C18H16Cl2N2O3/c1-25-16-7-4-11(20)8-15(16)22-18(24)14-9-13(14)17(23)21-12-5-2-10(19)3-6-12/h2-8,13-14H,9H2,1H3,(H,21,23)(H,22,24). The SMILES string of the molecule is COc1ccc(Cl)cc1NC(=O)C1CC1C(=O)Nc1ccc(Cl)cc1. The van der Waals surface area contributed by atoms with E-state index >= 15 is 0 Å². The van der Waals surface area contributed by atoms with Crippen molar-refractivity contribution >= 4 is 46.4 Å². The molecule has 1 saturated carbocycles. The lowest BCUT2D eigenvalue weighted by Gasteiger charge is -2.10. The summed E-state index contributed by atoms with van der Waals surface area (Å²) >= 11 is 11.8. The van der Waals surface area contributed by atoms with Crippen molar-refractivity contribution in [2.24, 2.45) is 11.8 Å². The lowest BCUT2D eigenvalue weighted by Crippen LogP contribution is -2.20. The van der Waals surface area contributed by atoms with Gasteiger partial charge in [0.05, 0.1) is 24.6 Å². The smallest absolute Gasteiger partial charge is 0.228 e. The monoisotopic (exact) mass is 378 g/mol. The highest BCUT2D eigenvalue weighted by atomic mass is 35.5. The molecule has 1 aliphatic carbocycles. The summed E-state index contributed by atoms with van der Waals surface area (Å²) in [6, 6.07) is 11.8. The number of carbonyl (C=O) groups excluding carboxylic acids is 2. The Morgan fingerprint density at radius 2 is 1.56 bits per heavy atom. The molecule has 1 fully saturated rings. The van der Waals surface area contributed by atoms with E-state index in [2.05, 4.69) is 10.6 Å². The predicted octanol–water partition coefficient (Wildman–Crippen LogP) is 4.22. The van der Waals surface area contributed by atoms with Crippen LogP contribution in [-0.2, 0) is 9.59 Å². The molecule has 7 heteroatoms. The highest BCUT2D eigenvalue weighted by molar-refractivity contribution is 6.31. The van der Waals surface area contributed by atoms with Gasteiger partial charge in [-0.1, -0.05) is 23.2 Å². The molecular formula is C18H16Cl2N2O3. The van der Waals surface area contributed by atoms with Crippen molar-refractivity contribution in [3.63, 3.8) is 0 Å². The van der Waals surface area contributed by atoms with Gasteiger partial charge in [-0.05, 0) is 48.9 Å².